The molecule has 3 N–H and O–H groups in total. The molecule has 0 aliphatic carbocycles. The molecule has 0 saturated carbocycles. The van der Waals surface area contributed by atoms with Crippen LogP contribution in [0.3, 0.4) is 0 Å². The number of amides is 1. The van der Waals surface area contributed by atoms with Gasteiger partial charge in [0, 0.05) is 7.05 Å². The van der Waals surface area contributed by atoms with Crippen molar-refractivity contribution >= 4 is 17.6 Å². The molecule has 17 heavy (non-hydrogen) atoms. The fourth-order valence-corrected chi connectivity index (χ4v) is 1.63. The predicted molar refractivity (Wildman–Crippen MR) is 59.9 cm³/mol. The normalized spacial score (nSPS) is 16.1. The molecule has 0 spiro atoms. The van der Waals surface area contributed by atoms with Gasteiger partial charge in [-0.05, 0) is 17.7 Å². The molecule has 0 fully saturated rings. The minimum absolute atomic E-state index is 0.00612. The highest BCUT2D eigenvalue weighted by molar-refractivity contribution is 5.97. The van der Waals surface area contributed by atoms with E-state index in [9.17, 15) is 9.59 Å². The smallest absolute Gasteiger partial charge is 0.325 e. The van der Waals surface area contributed by atoms with Crippen molar-refractivity contribution in [3.63, 3.8) is 0 Å². The molecule has 1 aliphatic heterocycles. The molecule has 6 heteroatoms. The Morgan fingerprint density at radius 2 is 2.29 bits per heavy atom. The molecule has 0 aromatic heterocycles. The summed E-state index contributed by atoms with van der Waals surface area (Å²) in [5.41, 5.74) is 6.48. The summed E-state index contributed by atoms with van der Waals surface area (Å²) in [6.45, 7) is -0.00612. The molecule has 1 unspecified atom stereocenters. The minimum Gasteiger partial charge on any atom is -0.482 e. The predicted octanol–water partition coefficient (Wildman–Crippen LogP) is 0.126. The summed E-state index contributed by atoms with van der Waals surface area (Å²) in [6, 6.07) is 3.66. The third-order valence-electron chi connectivity index (χ3n) is 2.69. The van der Waals surface area contributed by atoms with Gasteiger partial charge in [0.2, 0.25) is 0 Å². The number of aliphatic carboxylic acids is 1. The van der Waals surface area contributed by atoms with Crippen molar-refractivity contribution in [2.75, 3.05) is 18.6 Å². The van der Waals surface area contributed by atoms with Gasteiger partial charge in [0.25, 0.3) is 5.91 Å². The van der Waals surface area contributed by atoms with Crippen LogP contribution >= 0.6 is 0 Å². The summed E-state index contributed by atoms with van der Waals surface area (Å²) >= 11 is 0. The van der Waals surface area contributed by atoms with Gasteiger partial charge in [0.05, 0.1) is 5.69 Å². The molecule has 1 aromatic rings. The highest BCUT2D eigenvalue weighted by atomic mass is 16.5. The van der Waals surface area contributed by atoms with Crippen LogP contribution in [0.5, 0.6) is 5.75 Å². The van der Waals surface area contributed by atoms with Gasteiger partial charge in [-0.3, -0.25) is 9.59 Å². The van der Waals surface area contributed by atoms with Crippen LogP contribution in [0.25, 0.3) is 0 Å². The molecule has 1 atom stereocenters. The zero-order valence-electron chi connectivity index (χ0n) is 9.21. The lowest BCUT2D eigenvalue weighted by Crippen LogP contribution is -2.35. The Balaban J connectivity index is 2.42. The monoisotopic (exact) mass is 236 g/mol. The van der Waals surface area contributed by atoms with E-state index in [-0.39, 0.29) is 12.5 Å². The molecular weight excluding hydrogens is 224 g/mol. The molecule has 1 heterocycles. The number of ether oxygens (including phenoxy) is 1. The van der Waals surface area contributed by atoms with Crippen LogP contribution in [0.1, 0.15) is 11.6 Å². The second kappa shape index (κ2) is 4.06. The average molecular weight is 236 g/mol. The standard InChI is InChI=1S/C11H12N2O4/c1-13-7-4-6(10(12)11(15)16)2-3-8(7)17-5-9(13)14/h2-4,10H,5,12H2,1H3,(H,15,16). The van der Waals surface area contributed by atoms with Crippen molar-refractivity contribution in [3.05, 3.63) is 23.8 Å². The highest BCUT2D eigenvalue weighted by Crippen LogP contribution is 2.33. The van der Waals surface area contributed by atoms with Gasteiger partial charge in [0.1, 0.15) is 11.8 Å². The Labute approximate surface area is 97.6 Å². The second-order valence-corrected chi connectivity index (χ2v) is 3.78. The Morgan fingerprint density at radius 3 is 2.94 bits per heavy atom. The summed E-state index contributed by atoms with van der Waals surface area (Å²) < 4.78 is 5.22. The summed E-state index contributed by atoms with van der Waals surface area (Å²) in [7, 11) is 1.61. The fraction of sp³-hybridized carbons (Fsp3) is 0.273. The van der Waals surface area contributed by atoms with E-state index < -0.39 is 12.0 Å². The van der Waals surface area contributed by atoms with E-state index in [4.69, 9.17) is 15.6 Å². The number of anilines is 1. The Bertz CT molecular complexity index is 486. The molecule has 6 nitrogen and oxygen atoms in total. The highest BCUT2D eigenvalue weighted by Gasteiger charge is 2.24. The summed E-state index contributed by atoms with van der Waals surface area (Å²) in [4.78, 5) is 23.6. The van der Waals surface area contributed by atoms with E-state index in [1.165, 1.54) is 4.90 Å². The van der Waals surface area contributed by atoms with Crippen LogP contribution in [0.4, 0.5) is 5.69 Å². The fourth-order valence-electron chi connectivity index (χ4n) is 1.63. The number of benzene rings is 1. The number of carboxylic acids is 1. The maximum Gasteiger partial charge on any atom is 0.325 e. The molecule has 1 aromatic carbocycles. The van der Waals surface area contributed by atoms with Gasteiger partial charge >= 0.3 is 5.97 Å². The Morgan fingerprint density at radius 1 is 1.59 bits per heavy atom. The number of fused-ring (bicyclic) bond motifs is 1. The summed E-state index contributed by atoms with van der Waals surface area (Å²) in [5, 5.41) is 8.82. The molecule has 0 bridgehead atoms. The van der Waals surface area contributed by atoms with Gasteiger partial charge in [-0.25, -0.2) is 0 Å². The molecule has 2 rings (SSSR count). The van der Waals surface area contributed by atoms with Crippen LogP contribution < -0.4 is 15.4 Å². The van der Waals surface area contributed by atoms with Gasteiger partial charge in [-0.2, -0.15) is 0 Å². The third kappa shape index (κ3) is 1.94. The molecule has 90 valence electrons. The molecular formula is C11H12N2O4. The van der Waals surface area contributed by atoms with Crippen LogP contribution in [-0.2, 0) is 9.59 Å². The number of carboxylic acid groups (broad SMARTS) is 1. The van der Waals surface area contributed by atoms with Gasteiger partial charge in [-0.1, -0.05) is 6.07 Å². The molecule has 0 radical (unpaired) electrons. The average Bonchev–Trinajstić information content (AvgIpc) is 2.32. The third-order valence-corrected chi connectivity index (χ3v) is 2.69. The van der Waals surface area contributed by atoms with E-state index in [0.717, 1.165) is 0 Å². The zero-order valence-corrected chi connectivity index (χ0v) is 9.21. The number of carbonyl (C=O) groups is 2. The first-order chi connectivity index (χ1) is 8.00. The van der Waals surface area contributed by atoms with Crippen molar-refractivity contribution in [2.45, 2.75) is 6.04 Å². The SMILES string of the molecule is CN1C(=O)COc2ccc(C(N)C(=O)O)cc21. The number of nitrogens with two attached hydrogens (primary N) is 1. The summed E-state index contributed by atoms with van der Waals surface area (Å²) in [6.07, 6.45) is 0. The lowest BCUT2D eigenvalue weighted by atomic mass is 10.1. The van der Waals surface area contributed by atoms with Crippen molar-refractivity contribution in [1.29, 1.82) is 0 Å². The van der Waals surface area contributed by atoms with Gasteiger partial charge < -0.3 is 20.5 Å². The lowest BCUT2D eigenvalue weighted by molar-refractivity contribution is -0.138. The minimum atomic E-state index is -1.12. The Hall–Kier alpha value is -2.08. The van der Waals surface area contributed by atoms with Crippen LogP contribution in [0, 0.1) is 0 Å². The number of hydrogen-bond acceptors (Lipinski definition) is 4. The van der Waals surface area contributed by atoms with Crippen molar-refractivity contribution in [3.8, 4) is 5.75 Å². The topological polar surface area (TPSA) is 92.9 Å². The molecule has 1 amide bonds. The summed E-state index contributed by atoms with van der Waals surface area (Å²) in [5.74, 6) is -0.748. The number of hydrogen-bond donors (Lipinski definition) is 2. The number of likely N-dealkylation sites (N-methyl/N-ethyl adjacent to an activating group) is 1. The van der Waals surface area contributed by atoms with Crippen molar-refractivity contribution in [1.82, 2.24) is 0 Å². The van der Waals surface area contributed by atoms with E-state index in [1.54, 1.807) is 25.2 Å². The first-order valence-electron chi connectivity index (χ1n) is 5.02. The largest absolute Gasteiger partial charge is 0.482 e. The van der Waals surface area contributed by atoms with E-state index >= 15 is 0 Å². The zero-order chi connectivity index (χ0) is 12.6. The Kier molecular flexibility index (Phi) is 2.72. The van der Waals surface area contributed by atoms with E-state index in [0.29, 0.717) is 17.0 Å². The first-order valence-corrected chi connectivity index (χ1v) is 5.02. The molecule has 1 aliphatic rings. The maximum absolute atomic E-state index is 11.4. The van der Waals surface area contributed by atoms with E-state index in [1.807, 2.05) is 0 Å². The van der Waals surface area contributed by atoms with Crippen LogP contribution in [0.15, 0.2) is 18.2 Å². The molecule has 0 saturated heterocycles. The number of carbonyl (C=O) groups excluding carboxylic acids is 1. The maximum atomic E-state index is 11.4. The lowest BCUT2D eigenvalue weighted by Gasteiger charge is -2.26. The van der Waals surface area contributed by atoms with Crippen molar-refractivity contribution < 1.29 is 19.4 Å². The van der Waals surface area contributed by atoms with Crippen LogP contribution in [0.2, 0.25) is 0 Å². The second-order valence-electron chi connectivity index (χ2n) is 3.78. The van der Waals surface area contributed by atoms with Gasteiger partial charge in [-0.15, -0.1) is 0 Å². The first kappa shape index (κ1) is 11.4. The number of nitrogens with zero attached hydrogens (tertiary/aromatic N) is 1. The quantitative estimate of drug-likeness (QED) is 0.761. The number of rotatable bonds is 2. The van der Waals surface area contributed by atoms with Crippen molar-refractivity contribution in [2.24, 2.45) is 5.73 Å². The van der Waals surface area contributed by atoms with Gasteiger partial charge in [0.15, 0.2) is 6.61 Å². The van der Waals surface area contributed by atoms with Crippen LogP contribution in [-0.4, -0.2) is 30.6 Å². The van der Waals surface area contributed by atoms with E-state index in [2.05, 4.69) is 0 Å².